The molecule has 0 saturated carbocycles. The van der Waals surface area contributed by atoms with Crippen LogP contribution < -0.4 is 0 Å². The van der Waals surface area contributed by atoms with Gasteiger partial charge in [-0.05, 0) is 0 Å². The number of carbonyl (C=O) groups is 4. The maximum absolute atomic E-state index is 11.1. The van der Waals surface area contributed by atoms with Crippen LogP contribution in [0.25, 0.3) is 0 Å². The highest BCUT2D eigenvalue weighted by molar-refractivity contribution is 5.80. The van der Waals surface area contributed by atoms with Gasteiger partial charge in [-0.25, -0.2) is 4.94 Å². The molecule has 0 bridgehead atoms. The highest BCUT2D eigenvalue weighted by Crippen LogP contribution is 2.08. The number of carboxylic acids is 4. The number of rotatable bonds is 12. The lowest BCUT2D eigenvalue weighted by Crippen LogP contribution is -2.49. The van der Waals surface area contributed by atoms with E-state index in [0.29, 0.717) is 10.1 Å². The minimum atomic E-state index is -1.74. The molecule has 0 saturated heterocycles. The van der Waals surface area contributed by atoms with Crippen LogP contribution in [0.3, 0.4) is 0 Å². The van der Waals surface area contributed by atoms with Crippen LogP contribution in [0, 0.1) is 0 Å². The standard InChI is InChI=1S/C10H16N2O10/c13-2-1-12(6(10(20)21)3-7(14)15)22-11(4-8(16)17)5-9(18)19/h6,13H,1-5H2,(H,14,15)(H,16,17)(H,18,19)(H,20,21). The van der Waals surface area contributed by atoms with Gasteiger partial charge < -0.3 is 25.5 Å². The summed E-state index contributed by atoms with van der Waals surface area (Å²) in [6.07, 6.45) is -0.899. The van der Waals surface area contributed by atoms with Crippen molar-refractivity contribution in [3.05, 3.63) is 0 Å². The molecule has 1 atom stereocenters. The minimum Gasteiger partial charge on any atom is -0.481 e. The second kappa shape index (κ2) is 9.62. The molecule has 0 heterocycles. The van der Waals surface area contributed by atoms with Crippen LogP contribution in [-0.2, 0) is 24.1 Å². The number of aliphatic hydroxyl groups excluding tert-OH is 1. The fourth-order valence-electron chi connectivity index (χ4n) is 1.39. The van der Waals surface area contributed by atoms with Gasteiger partial charge in [0.2, 0.25) is 0 Å². The van der Waals surface area contributed by atoms with E-state index >= 15 is 0 Å². The molecule has 0 fully saturated rings. The lowest BCUT2D eigenvalue weighted by atomic mass is 10.2. The van der Waals surface area contributed by atoms with Crippen LogP contribution >= 0.6 is 0 Å². The highest BCUT2D eigenvalue weighted by Gasteiger charge is 2.31. The Morgan fingerprint density at radius 1 is 0.909 bits per heavy atom. The molecule has 5 N–H and O–H groups in total. The van der Waals surface area contributed by atoms with Crippen LogP contribution in [0.5, 0.6) is 0 Å². The van der Waals surface area contributed by atoms with Crippen molar-refractivity contribution in [2.24, 2.45) is 0 Å². The van der Waals surface area contributed by atoms with Gasteiger partial charge in [-0.3, -0.25) is 19.2 Å². The van der Waals surface area contributed by atoms with Crippen LogP contribution in [0.4, 0.5) is 0 Å². The zero-order valence-corrected chi connectivity index (χ0v) is 11.3. The van der Waals surface area contributed by atoms with Gasteiger partial charge in [-0.15, -0.1) is 5.06 Å². The Morgan fingerprint density at radius 2 is 1.41 bits per heavy atom. The molecule has 0 aromatic heterocycles. The molecule has 0 amide bonds. The van der Waals surface area contributed by atoms with E-state index < -0.39 is 62.6 Å². The van der Waals surface area contributed by atoms with Crippen molar-refractivity contribution in [3.8, 4) is 0 Å². The predicted octanol–water partition coefficient (Wildman–Crippen LogP) is -2.47. The molecular weight excluding hydrogens is 308 g/mol. The molecule has 0 rings (SSSR count). The fraction of sp³-hybridized carbons (Fsp3) is 0.600. The van der Waals surface area contributed by atoms with E-state index in [2.05, 4.69) is 0 Å². The number of carboxylic acid groups (broad SMARTS) is 4. The summed E-state index contributed by atoms with van der Waals surface area (Å²) in [6, 6.07) is -1.74. The average molecular weight is 324 g/mol. The lowest BCUT2D eigenvalue weighted by Gasteiger charge is -2.30. The van der Waals surface area contributed by atoms with Crippen molar-refractivity contribution in [3.63, 3.8) is 0 Å². The molecule has 0 radical (unpaired) electrons. The number of aliphatic hydroxyl groups is 1. The van der Waals surface area contributed by atoms with Crippen LogP contribution in [0.1, 0.15) is 6.42 Å². The lowest BCUT2D eigenvalue weighted by molar-refractivity contribution is -0.335. The minimum absolute atomic E-state index is 0.415. The number of hydroxylamine groups is 4. The SMILES string of the molecule is O=C(O)CC(C(=O)O)N(CCO)ON(CC(=O)O)CC(=O)O. The van der Waals surface area contributed by atoms with Crippen molar-refractivity contribution < 1.29 is 49.6 Å². The van der Waals surface area contributed by atoms with Gasteiger partial charge in [-0.1, -0.05) is 0 Å². The molecule has 12 heteroatoms. The maximum atomic E-state index is 11.1. The molecule has 1 unspecified atom stereocenters. The van der Waals surface area contributed by atoms with Gasteiger partial charge in [0, 0.05) is 0 Å². The first-order valence-electron chi connectivity index (χ1n) is 5.86. The van der Waals surface area contributed by atoms with Gasteiger partial charge >= 0.3 is 23.9 Å². The molecule has 0 spiro atoms. The third-order valence-corrected chi connectivity index (χ3v) is 2.16. The first kappa shape index (κ1) is 19.7. The summed E-state index contributed by atoms with van der Waals surface area (Å²) in [7, 11) is 0. The van der Waals surface area contributed by atoms with Gasteiger partial charge in [0.25, 0.3) is 0 Å². The van der Waals surface area contributed by atoms with E-state index in [0.717, 1.165) is 0 Å². The molecule has 126 valence electrons. The maximum Gasteiger partial charge on any atom is 0.324 e. The van der Waals surface area contributed by atoms with E-state index in [-0.39, 0.29) is 0 Å². The third-order valence-electron chi connectivity index (χ3n) is 2.16. The van der Waals surface area contributed by atoms with Crippen LogP contribution in [0.15, 0.2) is 0 Å². The Bertz CT molecular complexity index is 410. The monoisotopic (exact) mass is 324 g/mol. The summed E-state index contributed by atoms with van der Waals surface area (Å²) in [5, 5.41) is 44.7. The Hall–Kier alpha value is -2.28. The quantitative estimate of drug-likeness (QED) is 0.238. The second-order valence-corrected chi connectivity index (χ2v) is 3.98. The van der Waals surface area contributed by atoms with Crippen LogP contribution in [-0.4, -0.2) is 91.8 Å². The summed E-state index contributed by atoms with van der Waals surface area (Å²) in [5.74, 6) is -5.96. The Morgan fingerprint density at radius 3 is 1.73 bits per heavy atom. The summed E-state index contributed by atoms with van der Waals surface area (Å²) < 4.78 is 0. The van der Waals surface area contributed by atoms with E-state index in [1.54, 1.807) is 0 Å². The molecule has 0 aliphatic rings. The Kier molecular flexibility index (Phi) is 8.62. The van der Waals surface area contributed by atoms with Crippen molar-refractivity contribution in [2.75, 3.05) is 26.2 Å². The zero-order chi connectivity index (χ0) is 17.3. The van der Waals surface area contributed by atoms with E-state index in [1.807, 2.05) is 0 Å². The molecule has 0 aromatic carbocycles. The first-order chi connectivity index (χ1) is 10.2. The van der Waals surface area contributed by atoms with Crippen LogP contribution in [0.2, 0.25) is 0 Å². The number of hydrogen-bond acceptors (Lipinski definition) is 8. The van der Waals surface area contributed by atoms with E-state index in [4.69, 9.17) is 30.5 Å². The van der Waals surface area contributed by atoms with Crippen molar-refractivity contribution in [1.29, 1.82) is 0 Å². The molecule has 0 aliphatic heterocycles. The second-order valence-electron chi connectivity index (χ2n) is 3.98. The highest BCUT2D eigenvalue weighted by atomic mass is 16.8. The Labute approximate surface area is 123 Å². The van der Waals surface area contributed by atoms with Crippen molar-refractivity contribution >= 4 is 23.9 Å². The smallest absolute Gasteiger partial charge is 0.324 e. The number of nitrogens with zero attached hydrogens (tertiary/aromatic N) is 2. The van der Waals surface area contributed by atoms with Crippen molar-refractivity contribution in [2.45, 2.75) is 12.5 Å². The normalized spacial score (nSPS) is 12.3. The largest absolute Gasteiger partial charge is 0.481 e. The molecule has 12 nitrogen and oxygen atoms in total. The molecule has 22 heavy (non-hydrogen) atoms. The summed E-state index contributed by atoms with van der Waals surface area (Å²) in [6.45, 7) is -2.89. The van der Waals surface area contributed by atoms with Gasteiger partial charge in [0.15, 0.2) is 0 Å². The zero-order valence-electron chi connectivity index (χ0n) is 11.3. The molecule has 0 aliphatic carbocycles. The van der Waals surface area contributed by atoms with E-state index in [1.165, 1.54) is 0 Å². The van der Waals surface area contributed by atoms with Crippen molar-refractivity contribution in [1.82, 2.24) is 10.1 Å². The number of hydrogen-bond donors (Lipinski definition) is 5. The van der Waals surface area contributed by atoms with Gasteiger partial charge in [0.05, 0.1) is 19.6 Å². The molecular formula is C10H16N2O10. The number of aliphatic carboxylic acids is 4. The topological polar surface area (TPSA) is 185 Å². The van der Waals surface area contributed by atoms with E-state index in [9.17, 15) is 19.2 Å². The average Bonchev–Trinajstić information content (AvgIpc) is 2.33. The van der Waals surface area contributed by atoms with Gasteiger partial charge in [0.1, 0.15) is 19.1 Å². The Balaban J connectivity index is 5.14. The van der Waals surface area contributed by atoms with Gasteiger partial charge in [-0.2, -0.15) is 5.06 Å². The third kappa shape index (κ3) is 8.11. The predicted molar refractivity (Wildman–Crippen MR) is 65.4 cm³/mol. The summed E-state index contributed by atoms with van der Waals surface area (Å²) in [5.41, 5.74) is 0. The fourth-order valence-corrected chi connectivity index (χ4v) is 1.39. The summed E-state index contributed by atoms with van der Waals surface area (Å²) >= 11 is 0. The summed E-state index contributed by atoms with van der Waals surface area (Å²) in [4.78, 5) is 47.8. The first-order valence-corrected chi connectivity index (χ1v) is 5.86. The molecule has 0 aromatic rings.